The fourth-order valence-corrected chi connectivity index (χ4v) is 1.29. The third kappa shape index (κ3) is 17.0. The molecule has 8 heteroatoms. The molecule has 23 heavy (non-hydrogen) atoms. The van der Waals surface area contributed by atoms with E-state index in [1.807, 2.05) is 0 Å². The fourth-order valence-electron chi connectivity index (χ4n) is 1.29. The van der Waals surface area contributed by atoms with E-state index in [0.29, 0.717) is 33.0 Å². The van der Waals surface area contributed by atoms with Gasteiger partial charge in [-0.25, -0.2) is 9.59 Å². The van der Waals surface area contributed by atoms with Crippen molar-refractivity contribution in [1.82, 2.24) is 0 Å². The van der Waals surface area contributed by atoms with Crippen molar-refractivity contribution in [2.45, 2.75) is 26.4 Å². The van der Waals surface area contributed by atoms with Crippen molar-refractivity contribution in [3.05, 3.63) is 0 Å². The van der Waals surface area contributed by atoms with Crippen LogP contribution in [0.25, 0.3) is 0 Å². The molecule has 0 atom stereocenters. The lowest BCUT2D eigenvalue weighted by Gasteiger charge is -2.19. The number of carbonyl (C=O) groups excluding carboxylic acids is 2. The van der Waals surface area contributed by atoms with Crippen molar-refractivity contribution in [2.24, 2.45) is 0 Å². The molecule has 0 heterocycles. The van der Waals surface area contributed by atoms with Crippen molar-refractivity contribution >= 4 is 11.9 Å². The second kappa shape index (κ2) is 13.2. The SMILES string of the molecule is COCCOCCOCCOCC(=O)OCC(=O)OC(C)(C)C. The summed E-state index contributed by atoms with van der Waals surface area (Å²) in [5.74, 6) is -1.22. The Balaban J connectivity index is 3.39. The van der Waals surface area contributed by atoms with Crippen LogP contribution in [-0.4, -0.2) is 77.5 Å². The Hall–Kier alpha value is -1.22. The summed E-state index contributed by atoms with van der Waals surface area (Å²) in [7, 11) is 1.61. The highest BCUT2D eigenvalue weighted by atomic mass is 16.6. The maximum absolute atomic E-state index is 11.3. The van der Waals surface area contributed by atoms with E-state index >= 15 is 0 Å². The van der Waals surface area contributed by atoms with E-state index in [2.05, 4.69) is 0 Å². The van der Waals surface area contributed by atoms with E-state index in [1.165, 1.54) is 0 Å². The summed E-state index contributed by atoms with van der Waals surface area (Å²) in [6.07, 6.45) is 0. The van der Waals surface area contributed by atoms with Gasteiger partial charge in [0.05, 0.1) is 39.6 Å². The number of ether oxygens (including phenoxy) is 6. The Morgan fingerprint density at radius 2 is 1.26 bits per heavy atom. The highest BCUT2D eigenvalue weighted by Crippen LogP contribution is 2.06. The van der Waals surface area contributed by atoms with Gasteiger partial charge in [0.2, 0.25) is 0 Å². The van der Waals surface area contributed by atoms with E-state index < -0.39 is 24.1 Å². The minimum Gasteiger partial charge on any atom is -0.457 e. The third-order valence-electron chi connectivity index (χ3n) is 2.17. The largest absolute Gasteiger partial charge is 0.457 e. The molecule has 0 aromatic rings. The van der Waals surface area contributed by atoms with Crippen LogP contribution in [0.5, 0.6) is 0 Å². The third-order valence-corrected chi connectivity index (χ3v) is 2.17. The number of esters is 2. The molecule has 0 saturated heterocycles. The first-order valence-electron chi connectivity index (χ1n) is 7.45. The molecule has 136 valence electrons. The van der Waals surface area contributed by atoms with E-state index in [-0.39, 0.29) is 13.2 Å². The van der Waals surface area contributed by atoms with E-state index in [0.717, 1.165) is 0 Å². The Kier molecular flexibility index (Phi) is 12.5. The van der Waals surface area contributed by atoms with Crippen LogP contribution in [-0.2, 0) is 38.0 Å². The summed E-state index contributed by atoms with van der Waals surface area (Å²) < 4.78 is 30.0. The summed E-state index contributed by atoms with van der Waals surface area (Å²) >= 11 is 0. The van der Waals surface area contributed by atoms with Crippen molar-refractivity contribution in [3.8, 4) is 0 Å². The Bertz CT molecular complexity index is 324. The molecule has 0 aromatic heterocycles. The topological polar surface area (TPSA) is 89.5 Å². The number of carbonyl (C=O) groups is 2. The molecule has 0 bridgehead atoms. The Labute approximate surface area is 137 Å². The molecule has 0 radical (unpaired) electrons. The second-order valence-electron chi connectivity index (χ2n) is 5.52. The Morgan fingerprint density at radius 3 is 1.78 bits per heavy atom. The van der Waals surface area contributed by atoms with Crippen LogP contribution in [0.1, 0.15) is 20.8 Å². The van der Waals surface area contributed by atoms with Gasteiger partial charge in [-0.2, -0.15) is 0 Å². The quantitative estimate of drug-likeness (QED) is 0.356. The van der Waals surface area contributed by atoms with E-state index in [4.69, 9.17) is 28.4 Å². The van der Waals surface area contributed by atoms with Gasteiger partial charge in [0, 0.05) is 7.11 Å². The summed E-state index contributed by atoms with van der Waals surface area (Å²) in [5, 5.41) is 0. The first-order valence-corrected chi connectivity index (χ1v) is 7.45. The summed E-state index contributed by atoms with van der Waals surface area (Å²) in [5.41, 5.74) is -0.607. The van der Waals surface area contributed by atoms with E-state index in [1.54, 1.807) is 27.9 Å². The van der Waals surface area contributed by atoms with Gasteiger partial charge in [0.15, 0.2) is 6.61 Å². The number of hydrogen-bond acceptors (Lipinski definition) is 8. The average molecular weight is 336 g/mol. The van der Waals surface area contributed by atoms with Gasteiger partial charge in [-0.3, -0.25) is 0 Å². The monoisotopic (exact) mass is 336 g/mol. The molecule has 0 amide bonds. The molecule has 8 nitrogen and oxygen atoms in total. The molecule has 0 saturated carbocycles. The second-order valence-corrected chi connectivity index (χ2v) is 5.52. The minimum atomic E-state index is -0.626. The van der Waals surface area contributed by atoms with Gasteiger partial charge in [-0.05, 0) is 20.8 Å². The number of methoxy groups -OCH3 is 1. The smallest absolute Gasteiger partial charge is 0.344 e. The average Bonchev–Trinajstić information content (AvgIpc) is 2.45. The van der Waals surface area contributed by atoms with Crippen LogP contribution < -0.4 is 0 Å². The highest BCUT2D eigenvalue weighted by molar-refractivity contribution is 5.77. The molecule has 0 aliphatic carbocycles. The Morgan fingerprint density at radius 1 is 0.739 bits per heavy atom. The first-order chi connectivity index (χ1) is 10.8. The summed E-state index contributed by atoms with van der Waals surface area (Å²) in [6, 6.07) is 0. The van der Waals surface area contributed by atoms with E-state index in [9.17, 15) is 9.59 Å². The lowest BCUT2D eigenvalue weighted by Crippen LogP contribution is -2.28. The molecule has 0 rings (SSSR count). The lowest BCUT2D eigenvalue weighted by atomic mass is 10.2. The minimum absolute atomic E-state index is 0.240. The normalized spacial score (nSPS) is 11.3. The van der Waals surface area contributed by atoms with Crippen molar-refractivity contribution < 1.29 is 38.0 Å². The maximum Gasteiger partial charge on any atom is 0.344 e. The molecule has 0 spiro atoms. The van der Waals surface area contributed by atoms with Gasteiger partial charge in [0.25, 0.3) is 0 Å². The summed E-state index contributed by atoms with van der Waals surface area (Å²) in [4.78, 5) is 22.6. The molecular weight excluding hydrogens is 308 g/mol. The lowest BCUT2D eigenvalue weighted by molar-refractivity contribution is -0.168. The van der Waals surface area contributed by atoms with Crippen molar-refractivity contribution in [2.75, 3.05) is 60.0 Å². The van der Waals surface area contributed by atoms with Crippen LogP contribution in [0.15, 0.2) is 0 Å². The van der Waals surface area contributed by atoms with Gasteiger partial charge < -0.3 is 28.4 Å². The predicted octanol–water partition coefficient (Wildman–Crippen LogP) is 0.568. The first kappa shape index (κ1) is 21.8. The zero-order chi connectivity index (χ0) is 17.6. The van der Waals surface area contributed by atoms with Crippen LogP contribution >= 0.6 is 0 Å². The van der Waals surface area contributed by atoms with Crippen molar-refractivity contribution in [1.29, 1.82) is 0 Å². The molecule has 0 aromatic carbocycles. The number of rotatable bonds is 13. The van der Waals surface area contributed by atoms with Crippen LogP contribution in [0.4, 0.5) is 0 Å². The van der Waals surface area contributed by atoms with Gasteiger partial charge in [-0.1, -0.05) is 0 Å². The van der Waals surface area contributed by atoms with Gasteiger partial charge >= 0.3 is 11.9 Å². The van der Waals surface area contributed by atoms with Crippen LogP contribution in [0, 0.1) is 0 Å². The zero-order valence-corrected chi connectivity index (χ0v) is 14.4. The van der Waals surface area contributed by atoms with Gasteiger partial charge in [-0.15, -0.1) is 0 Å². The molecule has 0 fully saturated rings. The molecular formula is C15H28O8. The van der Waals surface area contributed by atoms with Crippen molar-refractivity contribution in [3.63, 3.8) is 0 Å². The molecule has 0 aliphatic rings. The predicted molar refractivity (Wildman–Crippen MR) is 81.1 cm³/mol. The van der Waals surface area contributed by atoms with Crippen LogP contribution in [0.2, 0.25) is 0 Å². The fraction of sp³-hybridized carbons (Fsp3) is 0.867. The molecule has 0 N–H and O–H groups in total. The summed E-state index contributed by atoms with van der Waals surface area (Å²) in [6.45, 7) is 7.12. The zero-order valence-electron chi connectivity index (χ0n) is 14.4. The molecule has 0 aliphatic heterocycles. The van der Waals surface area contributed by atoms with Crippen LogP contribution in [0.3, 0.4) is 0 Å². The number of hydrogen-bond donors (Lipinski definition) is 0. The standard InChI is InChI=1S/C15H28O8/c1-15(2,3)23-14(17)12-22-13(16)11-21-10-9-20-8-7-19-6-5-18-4/h5-12H2,1-4H3. The molecule has 0 unspecified atom stereocenters. The maximum atomic E-state index is 11.3. The highest BCUT2D eigenvalue weighted by Gasteiger charge is 2.17. The van der Waals surface area contributed by atoms with Gasteiger partial charge in [0.1, 0.15) is 12.2 Å².